The Morgan fingerprint density at radius 1 is 0.271 bits per heavy atom. The first kappa shape index (κ1) is 38.3. The molecule has 0 bridgehead atoms. The highest BCUT2D eigenvalue weighted by molar-refractivity contribution is 8.04. The second kappa shape index (κ2) is 19.6. The van der Waals surface area contributed by atoms with Crippen LogP contribution in [-0.4, -0.2) is 35.3 Å². The van der Waals surface area contributed by atoms with Crippen molar-refractivity contribution in [1.29, 1.82) is 0 Å². The van der Waals surface area contributed by atoms with Crippen LogP contribution in [0.15, 0.2) is 182 Å². The molecule has 0 saturated heterocycles. The Bertz CT molecular complexity index is 1400. The van der Waals surface area contributed by atoms with Crippen LogP contribution in [0.1, 0.15) is 0 Å². The summed E-state index contributed by atoms with van der Waals surface area (Å²) in [4.78, 5) is 0. The quantitative estimate of drug-likeness (QED) is 0.117. The number of halogens is 2. The van der Waals surface area contributed by atoms with E-state index in [-0.39, 0.29) is 24.8 Å². The van der Waals surface area contributed by atoms with Crippen molar-refractivity contribution in [3.63, 3.8) is 0 Å². The first-order valence-electron chi connectivity index (χ1n) is 16.1. The summed E-state index contributed by atoms with van der Waals surface area (Å²) in [5.74, 6) is 4.66. The van der Waals surface area contributed by atoms with Gasteiger partial charge >= 0.3 is 0 Å². The summed E-state index contributed by atoms with van der Waals surface area (Å²) in [7, 11) is -3.52. The normalized spacial score (nSPS) is 11.2. The summed E-state index contributed by atoms with van der Waals surface area (Å²) in [6.07, 6.45) is 2.34. The minimum atomic E-state index is -1.76. The van der Waals surface area contributed by atoms with Gasteiger partial charge in [-0.2, -0.15) is 23.5 Å². The van der Waals surface area contributed by atoms with Crippen LogP contribution in [0.2, 0.25) is 0 Å². The van der Waals surface area contributed by atoms with Gasteiger partial charge in [-0.3, -0.25) is 0 Å². The average molecular weight is 744 g/mol. The predicted molar refractivity (Wildman–Crippen MR) is 215 cm³/mol. The Hall–Kier alpha value is -2.54. The lowest BCUT2D eigenvalue weighted by Crippen LogP contribution is -3.00. The Morgan fingerprint density at radius 3 is 0.646 bits per heavy atom. The highest BCUT2D eigenvalue weighted by Gasteiger charge is 2.45. The molecular weight excluding hydrogens is 701 g/mol. The van der Waals surface area contributed by atoms with Gasteiger partial charge in [0.2, 0.25) is 0 Å². The van der Waals surface area contributed by atoms with Crippen LogP contribution < -0.4 is 56.6 Å². The number of benzene rings is 6. The summed E-state index contributed by atoms with van der Waals surface area (Å²) in [5, 5.41) is 8.86. The molecule has 0 saturated carbocycles. The van der Waals surface area contributed by atoms with Crippen molar-refractivity contribution in [1.82, 2.24) is 0 Å². The third-order valence-corrected chi connectivity index (χ3v) is 20.4. The topological polar surface area (TPSA) is 0 Å². The van der Waals surface area contributed by atoms with Gasteiger partial charge in [0, 0.05) is 23.0 Å². The van der Waals surface area contributed by atoms with Gasteiger partial charge in [-0.05, 0) is 72.8 Å². The Kier molecular flexibility index (Phi) is 15.6. The molecule has 0 spiro atoms. The van der Waals surface area contributed by atoms with E-state index in [2.05, 4.69) is 206 Å². The largest absolute Gasteiger partial charge is 1.00 e. The van der Waals surface area contributed by atoms with E-state index in [0.717, 1.165) is 11.5 Å². The van der Waals surface area contributed by atoms with Gasteiger partial charge in [0.25, 0.3) is 0 Å². The van der Waals surface area contributed by atoms with E-state index in [1.807, 2.05) is 0 Å². The van der Waals surface area contributed by atoms with E-state index in [0.29, 0.717) is 0 Å². The fourth-order valence-electron chi connectivity index (χ4n) is 6.49. The van der Waals surface area contributed by atoms with Gasteiger partial charge in [0.15, 0.2) is 0 Å². The van der Waals surface area contributed by atoms with Gasteiger partial charge in [-0.15, -0.1) is 0 Å². The first-order chi connectivity index (χ1) is 22.8. The van der Waals surface area contributed by atoms with Crippen LogP contribution in [0.5, 0.6) is 0 Å². The summed E-state index contributed by atoms with van der Waals surface area (Å²) < 4.78 is 0. The van der Waals surface area contributed by atoms with Gasteiger partial charge in [0.1, 0.15) is 46.4 Å². The van der Waals surface area contributed by atoms with Crippen molar-refractivity contribution in [2.45, 2.75) is 0 Å². The molecule has 0 radical (unpaired) electrons. The molecule has 6 heteroatoms. The van der Waals surface area contributed by atoms with Crippen LogP contribution in [0, 0.1) is 0 Å². The standard InChI is InChI=1S/C42H42P2S2.2ClH/c1-7-19-37(20-8-1)43(38-21-9-2-10-22-38,39-23-11-3-12-24-39)31-33-45-35-36-46-34-32-44(40-25-13-4-14-26-40,41-27-15-5-16-28-41)42-29-17-6-18-30-42;;/h1-30H,31-36H2;2*1H/q+2;;/p-2. The molecular formula is C42H42Cl2P2S2. The number of hydrogen-bond acceptors (Lipinski definition) is 2. The molecule has 6 aromatic rings. The zero-order valence-electron chi connectivity index (χ0n) is 27.0. The molecule has 0 aliphatic heterocycles. The van der Waals surface area contributed by atoms with Crippen molar-refractivity contribution in [2.75, 3.05) is 35.3 Å². The zero-order chi connectivity index (χ0) is 31.3. The maximum absolute atomic E-state index is 2.36. The molecule has 0 N–H and O–H groups in total. The Labute approximate surface area is 310 Å². The molecule has 6 aromatic carbocycles. The maximum Gasteiger partial charge on any atom is 0.112 e. The lowest BCUT2D eigenvalue weighted by atomic mass is 10.4. The zero-order valence-corrected chi connectivity index (χ0v) is 32.0. The molecule has 246 valence electrons. The minimum absolute atomic E-state index is 0. The lowest BCUT2D eigenvalue weighted by Gasteiger charge is -2.28. The molecule has 0 aliphatic rings. The number of thioether (sulfide) groups is 2. The summed E-state index contributed by atoms with van der Waals surface area (Å²) in [6, 6.07) is 67.7. The van der Waals surface area contributed by atoms with Gasteiger partial charge in [-0.1, -0.05) is 109 Å². The van der Waals surface area contributed by atoms with Crippen LogP contribution in [-0.2, 0) is 0 Å². The average Bonchev–Trinajstić information content (AvgIpc) is 3.15. The van der Waals surface area contributed by atoms with Gasteiger partial charge < -0.3 is 24.8 Å². The molecule has 0 unspecified atom stereocenters. The Balaban J connectivity index is 0.00000260. The smallest absolute Gasteiger partial charge is 0.112 e. The number of hydrogen-bond donors (Lipinski definition) is 0. The first-order valence-corrected chi connectivity index (χ1v) is 22.4. The Morgan fingerprint density at radius 2 is 0.458 bits per heavy atom. The van der Waals surface area contributed by atoms with Crippen molar-refractivity contribution >= 4 is 69.9 Å². The molecule has 0 heterocycles. The SMILES string of the molecule is [Cl-].[Cl-].c1ccc([P+](CCSCCSCC[P+](c2ccccc2)(c2ccccc2)c2ccccc2)(c2ccccc2)c2ccccc2)cc1. The monoisotopic (exact) mass is 742 g/mol. The fourth-order valence-corrected chi connectivity index (χ4v) is 18.5. The van der Waals surface area contributed by atoms with E-state index < -0.39 is 14.5 Å². The summed E-state index contributed by atoms with van der Waals surface area (Å²) >= 11 is 4.25. The van der Waals surface area contributed by atoms with Gasteiger partial charge in [0.05, 0.1) is 12.3 Å². The van der Waals surface area contributed by atoms with Crippen molar-refractivity contribution < 1.29 is 24.8 Å². The van der Waals surface area contributed by atoms with E-state index in [1.165, 1.54) is 55.7 Å². The van der Waals surface area contributed by atoms with E-state index in [4.69, 9.17) is 0 Å². The highest BCUT2D eigenvalue weighted by Crippen LogP contribution is 2.56. The minimum Gasteiger partial charge on any atom is -1.00 e. The predicted octanol–water partition coefficient (Wildman–Crippen LogP) is 2.45. The third kappa shape index (κ3) is 8.78. The van der Waals surface area contributed by atoms with Crippen LogP contribution in [0.4, 0.5) is 0 Å². The maximum atomic E-state index is 2.36. The van der Waals surface area contributed by atoms with Crippen molar-refractivity contribution in [2.24, 2.45) is 0 Å². The molecule has 0 aliphatic carbocycles. The molecule has 0 aromatic heterocycles. The molecule has 0 amide bonds. The highest BCUT2D eigenvalue weighted by atomic mass is 35.5. The third-order valence-electron chi connectivity index (χ3n) is 8.70. The van der Waals surface area contributed by atoms with Crippen molar-refractivity contribution in [3.8, 4) is 0 Å². The molecule has 6 rings (SSSR count). The van der Waals surface area contributed by atoms with Gasteiger partial charge in [-0.25, -0.2) is 0 Å². The summed E-state index contributed by atoms with van der Waals surface area (Å²) in [6.45, 7) is 0. The van der Waals surface area contributed by atoms with Crippen LogP contribution in [0.25, 0.3) is 0 Å². The molecule has 0 nitrogen and oxygen atoms in total. The second-order valence-electron chi connectivity index (χ2n) is 11.3. The van der Waals surface area contributed by atoms with E-state index >= 15 is 0 Å². The van der Waals surface area contributed by atoms with Crippen molar-refractivity contribution in [3.05, 3.63) is 182 Å². The number of rotatable bonds is 15. The van der Waals surface area contributed by atoms with Crippen LogP contribution >= 0.6 is 38.0 Å². The molecule has 0 atom stereocenters. The summed E-state index contributed by atoms with van der Waals surface area (Å²) in [5.41, 5.74) is 0. The molecule has 48 heavy (non-hydrogen) atoms. The molecule has 0 fully saturated rings. The lowest BCUT2D eigenvalue weighted by molar-refractivity contribution is -0.00100. The van der Waals surface area contributed by atoms with E-state index in [9.17, 15) is 0 Å². The van der Waals surface area contributed by atoms with E-state index in [1.54, 1.807) is 0 Å². The van der Waals surface area contributed by atoms with Crippen LogP contribution in [0.3, 0.4) is 0 Å². The second-order valence-corrected chi connectivity index (χ2v) is 21.0. The fraction of sp³-hybridized carbons (Fsp3) is 0.143.